The van der Waals surface area contributed by atoms with Gasteiger partial charge in [-0.1, -0.05) is 32.0 Å². The van der Waals surface area contributed by atoms with E-state index in [2.05, 4.69) is 19.2 Å². The molecule has 0 radical (unpaired) electrons. The zero-order chi connectivity index (χ0) is 13.8. The molecule has 0 heterocycles. The molecule has 0 spiro atoms. The number of halogens is 2. The van der Waals surface area contributed by atoms with E-state index in [1.807, 2.05) is 24.3 Å². The van der Waals surface area contributed by atoms with Gasteiger partial charge in [-0.2, -0.15) is 0 Å². The van der Waals surface area contributed by atoms with Gasteiger partial charge in [0, 0.05) is 17.8 Å². The van der Waals surface area contributed by atoms with Crippen LogP contribution in [0.5, 0.6) is 0 Å². The van der Waals surface area contributed by atoms with Crippen molar-refractivity contribution in [1.29, 1.82) is 0 Å². The Morgan fingerprint density at radius 1 is 0.947 bits per heavy atom. The minimum atomic E-state index is -0.522. The predicted octanol–water partition coefficient (Wildman–Crippen LogP) is 4.70. The van der Waals surface area contributed by atoms with Crippen LogP contribution in [0.1, 0.15) is 30.9 Å². The van der Waals surface area contributed by atoms with Crippen molar-refractivity contribution in [2.45, 2.75) is 26.3 Å². The first kappa shape index (κ1) is 13.5. The number of anilines is 1. The lowest BCUT2D eigenvalue weighted by molar-refractivity contribution is 0.560. The lowest BCUT2D eigenvalue weighted by Gasteiger charge is -2.10. The molecule has 100 valence electrons. The fourth-order valence-corrected chi connectivity index (χ4v) is 1.88. The number of nitrogens with one attached hydrogen (secondary N) is 1. The van der Waals surface area contributed by atoms with Gasteiger partial charge < -0.3 is 5.32 Å². The molecule has 0 fully saturated rings. The van der Waals surface area contributed by atoms with Gasteiger partial charge in [-0.25, -0.2) is 8.78 Å². The molecule has 0 saturated heterocycles. The molecular formula is C16H17F2N. The fourth-order valence-electron chi connectivity index (χ4n) is 1.88. The van der Waals surface area contributed by atoms with Crippen LogP contribution in [0.25, 0.3) is 0 Å². The highest BCUT2D eigenvalue weighted by molar-refractivity contribution is 5.45. The second kappa shape index (κ2) is 5.83. The molecule has 2 rings (SSSR count). The van der Waals surface area contributed by atoms with Crippen molar-refractivity contribution in [2.24, 2.45) is 0 Å². The maximum Gasteiger partial charge on any atom is 0.131 e. The second-order valence-corrected chi connectivity index (χ2v) is 4.83. The van der Waals surface area contributed by atoms with Gasteiger partial charge >= 0.3 is 0 Å². The van der Waals surface area contributed by atoms with Gasteiger partial charge in [0.05, 0.1) is 0 Å². The Hall–Kier alpha value is -1.90. The number of hydrogen-bond donors (Lipinski definition) is 1. The van der Waals surface area contributed by atoms with E-state index in [1.165, 1.54) is 23.8 Å². The molecule has 0 aliphatic heterocycles. The molecule has 0 bridgehead atoms. The van der Waals surface area contributed by atoms with Gasteiger partial charge in [-0.3, -0.25) is 0 Å². The molecule has 1 nitrogen and oxygen atoms in total. The van der Waals surface area contributed by atoms with Crippen molar-refractivity contribution >= 4 is 5.69 Å². The summed E-state index contributed by atoms with van der Waals surface area (Å²) in [4.78, 5) is 0. The van der Waals surface area contributed by atoms with Crippen molar-refractivity contribution in [3.63, 3.8) is 0 Å². The van der Waals surface area contributed by atoms with E-state index in [1.54, 1.807) is 0 Å². The molecule has 0 aliphatic rings. The third kappa shape index (κ3) is 3.31. The topological polar surface area (TPSA) is 12.0 Å². The first-order valence-electron chi connectivity index (χ1n) is 6.34. The predicted molar refractivity (Wildman–Crippen MR) is 74.2 cm³/mol. The van der Waals surface area contributed by atoms with Gasteiger partial charge in [0.2, 0.25) is 0 Å². The zero-order valence-corrected chi connectivity index (χ0v) is 11.1. The van der Waals surface area contributed by atoms with Gasteiger partial charge in [0.25, 0.3) is 0 Å². The zero-order valence-electron chi connectivity index (χ0n) is 11.1. The first-order valence-corrected chi connectivity index (χ1v) is 6.34. The summed E-state index contributed by atoms with van der Waals surface area (Å²) >= 11 is 0. The maximum atomic E-state index is 13.4. The Kier molecular flexibility index (Phi) is 4.15. The average molecular weight is 261 g/mol. The Bertz CT molecular complexity index is 527. The van der Waals surface area contributed by atoms with Crippen LogP contribution in [-0.4, -0.2) is 0 Å². The van der Waals surface area contributed by atoms with Crippen molar-refractivity contribution in [1.82, 2.24) is 0 Å². The van der Waals surface area contributed by atoms with Crippen molar-refractivity contribution in [3.8, 4) is 0 Å². The molecule has 0 amide bonds. The summed E-state index contributed by atoms with van der Waals surface area (Å²) < 4.78 is 26.9. The lowest BCUT2D eigenvalue weighted by atomic mass is 10.0. The SMILES string of the molecule is CC(C)c1ccc(NCc2c(F)cccc2F)cc1. The van der Waals surface area contributed by atoms with E-state index < -0.39 is 11.6 Å². The lowest BCUT2D eigenvalue weighted by Crippen LogP contribution is -2.04. The van der Waals surface area contributed by atoms with Crippen LogP contribution in [-0.2, 0) is 6.54 Å². The second-order valence-electron chi connectivity index (χ2n) is 4.83. The van der Waals surface area contributed by atoms with Crippen LogP contribution in [0, 0.1) is 11.6 Å². The molecular weight excluding hydrogens is 244 g/mol. The minimum absolute atomic E-state index is 0.0652. The Morgan fingerprint density at radius 3 is 2.05 bits per heavy atom. The Morgan fingerprint density at radius 2 is 1.53 bits per heavy atom. The van der Waals surface area contributed by atoms with Crippen LogP contribution in [0.3, 0.4) is 0 Å². The van der Waals surface area contributed by atoms with Crippen molar-refractivity contribution < 1.29 is 8.78 Å². The molecule has 0 aromatic heterocycles. The summed E-state index contributed by atoms with van der Waals surface area (Å²) in [5, 5.41) is 3.03. The highest BCUT2D eigenvalue weighted by Crippen LogP contribution is 2.19. The first-order chi connectivity index (χ1) is 9.08. The molecule has 19 heavy (non-hydrogen) atoms. The third-order valence-electron chi connectivity index (χ3n) is 3.11. The largest absolute Gasteiger partial charge is 0.381 e. The summed E-state index contributed by atoms with van der Waals surface area (Å²) in [5.74, 6) is -0.573. The number of rotatable bonds is 4. The third-order valence-corrected chi connectivity index (χ3v) is 3.11. The Balaban J connectivity index is 2.06. The summed E-state index contributed by atoms with van der Waals surface area (Å²) in [5.41, 5.74) is 2.16. The molecule has 3 heteroatoms. The standard InChI is InChI=1S/C16H17F2N/c1-11(2)12-6-8-13(9-7-12)19-10-14-15(17)4-3-5-16(14)18/h3-9,11,19H,10H2,1-2H3. The molecule has 0 aliphatic carbocycles. The summed E-state index contributed by atoms with van der Waals surface area (Å²) in [7, 11) is 0. The molecule has 2 aromatic rings. The highest BCUT2D eigenvalue weighted by Gasteiger charge is 2.07. The molecule has 0 unspecified atom stereocenters. The van der Waals surface area contributed by atoms with E-state index in [9.17, 15) is 8.78 Å². The van der Waals surface area contributed by atoms with Crippen LogP contribution >= 0.6 is 0 Å². The Labute approximate surface area is 112 Å². The van der Waals surface area contributed by atoms with E-state index in [-0.39, 0.29) is 12.1 Å². The number of hydrogen-bond acceptors (Lipinski definition) is 1. The molecule has 1 N–H and O–H groups in total. The fraction of sp³-hybridized carbons (Fsp3) is 0.250. The number of benzene rings is 2. The highest BCUT2D eigenvalue weighted by atomic mass is 19.1. The van der Waals surface area contributed by atoms with E-state index >= 15 is 0 Å². The van der Waals surface area contributed by atoms with Gasteiger partial charge in [-0.15, -0.1) is 0 Å². The average Bonchev–Trinajstić information content (AvgIpc) is 2.38. The summed E-state index contributed by atoms with van der Waals surface area (Å²) in [6.45, 7) is 4.38. The van der Waals surface area contributed by atoms with Crippen LogP contribution in [0.2, 0.25) is 0 Å². The maximum absolute atomic E-state index is 13.4. The van der Waals surface area contributed by atoms with Crippen LogP contribution in [0.15, 0.2) is 42.5 Å². The quantitative estimate of drug-likeness (QED) is 0.841. The molecule has 0 atom stereocenters. The minimum Gasteiger partial charge on any atom is -0.381 e. The van der Waals surface area contributed by atoms with Crippen LogP contribution < -0.4 is 5.32 Å². The monoisotopic (exact) mass is 261 g/mol. The smallest absolute Gasteiger partial charge is 0.131 e. The summed E-state index contributed by atoms with van der Waals surface area (Å²) in [6, 6.07) is 11.8. The van der Waals surface area contributed by atoms with Gasteiger partial charge in [0.1, 0.15) is 11.6 Å². The van der Waals surface area contributed by atoms with E-state index in [4.69, 9.17) is 0 Å². The van der Waals surface area contributed by atoms with Gasteiger partial charge in [0.15, 0.2) is 0 Å². The van der Waals surface area contributed by atoms with Crippen molar-refractivity contribution in [3.05, 3.63) is 65.2 Å². The summed E-state index contributed by atoms with van der Waals surface area (Å²) in [6.07, 6.45) is 0. The molecule has 2 aromatic carbocycles. The van der Waals surface area contributed by atoms with Crippen molar-refractivity contribution in [2.75, 3.05) is 5.32 Å². The van der Waals surface area contributed by atoms with Crippen LogP contribution in [0.4, 0.5) is 14.5 Å². The molecule has 0 saturated carbocycles. The van der Waals surface area contributed by atoms with Gasteiger partial charge in [-0.05, 0) is 35.7 Å². The normalized spacial score (nSPS) is 10.8. The van der Waals surface area contributed by atoms with E-state index in [0.29, 0.717) is 5.92 Å². The van der Waals surface area contributed by atoms with E-state index in [0.717, 1.165) is 5.69 Å².